The SMILES string of the molecule is O=C(c1cc(Br)sc1Br)N1CC=CCC1. The van der Waals surface area contributed by atoms with Crippen molar-refractivity contribution in [3.8, 4) is 0 Å². The van der Waals surface area contributed by atoms with Crippen LogP contribution in [0.5, 0.6) is 0 Å². The fourth-order valence-electron chi connectivity index (χ4n) is 1.48. The van der Waals surface area contributed by atoms with Crippen LogP contribution < -0.4 is 0 Å². The monoisotopic (exact) mass is 349 g/mol. The van der Waals surface area contributed by atoms with Crippen LogP contribution in [0, 0.1) is 0 Å². The lowest BCUT2D eigenvalue weighted by molar-refractivity contribution is 0.0771. The molecule has 2 heterocycles. The maximum atomic E-state index is 12.1. The number of halogens is 2. The number of hydrogen-bond donors (Lipinski definition) is 0. The molecule has 80 valence electrons. The highest BCUT2D eigenvalue weighted by Crippen LogP contribution is 2.32. The Bertz CT molecular complexity index is 414. The molecule has 1 amide bonds. The summed E-state index contributed by atoms with van der Waals surface area (Å²) in [5.74, 6) is 0.105. The van der Waals surface area contributed by atoms with E-state index < -0.39 is 0 Å². The average Bonchev–Trinajstić information content (AvgIpc) is 2.58. The van der Waals surface area contributed by atoms with Crippen molar-refractivity contribution in [1.82, 2.24) is 4.90 Å². The number of thiophene rings is 1. The Kier molecular flexibility index (Phi) is 3.64. The van der Waals surface area contributed by atoms with Crippen molar-refractivity contribution in [1.29, 1.82) is 0 Å². The van der Waals surface area contributed by atoms with Gasteiger partial charge < -0.3 is 4.90 Å². The van der Waals surface area contributed by atoms with Crippen LogP contribution in [0.4, 0.5) is 0 Å². The number of rotatable bonds is 1. The Morgan fingerprint density at radius 2 is 2.20 bits per heavy atom. The molecule has 15 heavy (non-hydrogen) atoms. The Morgan fingerprint density at radius 3 is 2.73 bits per heavy atom. The van der Waals surface area contributed by atoms with Crippen molar-refractivity contribution in [2.75, 3.05) is 13.1 Å². The molecule has 0 atom stereocenters. The number of carbonyl (C=O) groups excluding carboxylic acids is 1. The van der Waals surface area contributed by atoms with E-state index in [-0.39, 0.29) is 5.91 Å². The third-order valence-electron chi connectivity index (χ3n) is 2.23. The van der Waals surface area contributed by atoms with Crippen LogP contribution >= 0.6 is 43.2 Å². The van der Waals surface area contributed by atoms with E-state index in [1.165, 1.54) is 11.3 Å². The van der Waals surface area contributed by atoms with E-state index in [9.17, 15) is 4.79 Å². The van der Waals surface area contributed by atoms with Crippen LogP contribution in [0.1, 0.15) is 16.8 Å². The van der Waals surface area contributed by atoms with Gasteiger partial charge in [0.05, 0.1) is 13.1 Å². The number of carbonyl (C=O) groups is 1. The molecule has 2 rings (SSSR count). The first kappa shape index (κ1) is 11.4. The predicted octanol–water partition coefficient (Wildman–Crippen LogP) is 3.68. The second-order valence-corrected chi connectivity index (χ2v) is 7.00. The molecule has 1 aliphatic rings. The molecule has 0 saturated heterocycles. The molecule has 1 aliphatic heterocycles. The molecular weight excluding hydrogens is 342 g/mol. The Balaban J connectivity index is 2.20. The summed E-state index contributed by atoms with van der Waals surface area (Å²) in [7, 11) is 0. The Morgan fingerprint density at radius 1 is 1.40 bits per heavy atom. The van der Waals surface area contributed by atoms with Gasteiger partial charge in [0.2, 0.25) is 0 Å². The number of amides is 1. The zero-order chi connectivity index (χ0) is 10.8. The van der Waals surface area contributed by atoms with E-state index in [1.807, 2.05) is 17.0 Å². The van der Waals surface area contributed by atoms with Crippen LogP contribution in [0.15, 0.2) is 25.8 Å². The molecule has 5 heteroatoms. The molecule has 0 spiro atoms. The summed E-state index contributed by atoms with van der Waals surface area (Å²) < 4.78 is 1.87. The smallest absolute Gasteiger partial charge is 0.256 e. The second kappa shape index (κ2) is 4.80. The first-order valence-electron chi connectivity index (χ1n) is 4.57. The lowest BCUT2D eigenvalue weighted by Gasteiger charge is -2.23. The quantitative estimate of drug-likeness (QED) is 0.707. The number of nitrogens with zero attached hydrogens (tertiary/aromatic N) is 1. The summed E-state index contributed by atoms with van der Waals surface area (Å²) in [6.07, 6.45) is 5.10. The zero-order valence-electron chi connectivity index (χ0n) is 7.87. The Hall–Kier alpha value is -0.130. The molecule has 1 aromatic rings. The first-order valence-corrected chi connectivity index (χ1v) is 6.98. The van der Waals surface area contributed by atoms with Crippen molar-refractivity contribution >= 4 is 49.1 Å². The van der Waals surface area contributed by atoms with Gasteiger partial charge >= 0.3 is 0 Å². The van der Waals surface area contributed by atoms with Gasteiger partial charge in [0.25, 0.3) is 5.91 Å². The molecule has 0 unspecified atom stereocenters. The molecule has 2 nitrogen and oxygen atoms in total. The van der Waals surface area contributed by atoms with Crippen LogP contribution in [-0.2, 0) is 0 Å². The molecule has 0 fully saturated rings. The van der Waals surface area contributed by atoms with Crippen LogP contribution in [-0.4, -0.2) is 23.9 Å². The van der Waals surface area contributed by atoms with E-state index in [2.05, 4.69) is 37.9 Å². The topological polar surface area (TPSA) is 20.3 Å². The molecule has 0 radical (unpaired) electrons. The summed E-state index contributed by atoms with van der Waals surface area (Å²) in [6.45, 7) is 1.54. The van der Waals surface area contributed by atoms with Crippen molar-refractivity contribution in [2.45, 2.75) is 6.42 Å². The minimum Gasteiger partial charge on any atom is -0.335 e. The van der Waals surface area contributed by atoms with Crippen molar-refractivity contribution in [3.05, 3.63) is 31.4 Å². The standard InChI is InChI=1S/C10H9Br2NOS/c11-8-6-7(9(12)15-8)10(14)13-4-2-1-3-5-13/h1-2,6H,3-5H2. The van der Waals surface area contributed by atoms with Gasteiger partial charge in [-0.05, 0) is 44.3 Å². The maximum Gasteiger partial charge on any atom is 0.256 e. The fourth-order valence-corrected chi connectivity index (χ4v) is 4.26. The van der Waals surface area contributed by atoms with Crippen molar-refractivity contribution in [2.24, 2.45) is 0 Å². The van der Waals surface area contributed by atoms with Crippen LogP contribution in [0.3, 0.4) is 0 Å². The van der Waals surface area contributed by atoms with Gasteiger partial charge in [-0.3, -0.25) is 4.79 Å². The molecule has 1 aromatic heterocycles. The van der Waals surface area contributed by atoms with Gasteiger partial charge in [-0.2, -0.15) is 0 Å². The lowest BCUT2D eigenvalue weighted by atomic mass is 10.2. The highest BCUT2D eigenvalue weighted by Gasteiger charge is 2.20. The predicted molar refractivity (Wildman–Crippen MR) is 69.4 cm³/mol. The van der Waals surface area contributed by atoms with E-state index in [0.717, 1.165) is 32.6 Å². The van der Waals surface area contributed by atoms with Crippen molar-refractivity contribution in [3.63, 3.8) is 0 Å². The summed E-state index contributed by atoms with van der Waals surface area (Å²) in [5.41, 5.74) is 0.752. The normalized spacial score (nSPS) is 15.7. The second-order valence-electron chi connectivity index (χ2n) is 3.25. The molecule has 0 aliphatic carbocycles. The fraction of sp³-hybridized carbons (Fsp3) is 0.300. The average molecular weight is 351 g/mol. The molecule has 0 N–H and O–H groups in total. The van der Waals surface area contributed by atoms with Crippen LogP contribution in [0.2, 0.25) is 0 Å². The third kappa shape index (κ3) is 2.52. The molecule has 0 saturated carbocycles. The van der Waals surface area contributed by atoms with Crippen molar-refractivity contribution < 1.29 is 4.79 Å². The van der Waals surface area contributed by atoms with E-state index in [1.54, 1.807) is 0 Å². The summed E-state index contributed by atoms with van der Waals surface area (Å²) >= 11 is 8.32. The van der Waals surface area contributed by atoms with E-state index in [4.69, 9.17) is 0 Å². The summed E-state index contributed by atoms with van der Waals surface area (Å²) in [6, 6.07) is 1.87. The van der Waals surface area contributed by atoms with Gasteiger partial charge in [-0.15, -0.1) is 11.3 Å². The van der Waals surface area contributed by atoms with E-state index >= 15 is 0 Å². The Labute approximate surface area is 109 Å². The van der Waals surface area contributed by atoms with Crippen LogP contribution in [0.25, 0.3) is 0 Å². The molecule has 0 aromatic carbocycles. The highest BCUT2D eigenvalue weighted by molar-refractivity contribution is 9.12. The summed E-state index contributed by atoms with van der Waals surface area (Å²) in [5, 5.41) is 0. The molecule has 0 bridgehead atoms. The van der Waals surface area contributed by atoms with E-state index in [0.29, 0.717) is 0 Å². The van der Waals surface area contributed by atoms with Gasteiger partial charge in [0.1, 0.15) is 0 Å². The lowest BCUT2D eigenvalue weighted by Crippen LogP contribution is -2.33. The summed E-state index contributed by atoms with van der Waals surface area (Å²) in [4.78, 5) is 13.9. The third-order valence-corrected chi connectivity index (χ3v) is 4.57. The highest BCUT2D eigenvalue weighted by atomic mass is 79.9. The zero-order valence-corrected chi connectivity index (χ0v) is 11.9. The first-order chi connectivity index (χ1) is 7.18. The van der Waals surface area contributed by atoms with Gasteiger partial charge in [-0.25, -0.2) is 0 Å². The minimum absolute atomic E-state index is 0.105. The van der Waals surface area contributed by atoms with Gasteiger partial charge in [-0.1, -0.05) is 12.2 Å². The van der Waals surface area contributed by atoms with Gasteiger partial charge in [0.15, 0.2) is 0 Å². The molecular formula is C10H9Br2NOS. The number of hydrogen-bond acceptors (Lipinski definition) is 2. The maximum absolute atomic E-state index is 12.1. The van der Waals surface area contributed by atoms with Gasteiger partial charge in [0, 0.05) is 13.1 Å². The minimum atomic E-state index is 0.105. The largest absolute Gasteiger partial charge is 0.335 e.